The van der Waals surface area contributed by atoms with Crippen LogP contribution in [-0.4, -0.2) is 37.1 Å². The van der Waals surface area contributed by atoms with Gasteiger partial charge in [0, 0.05) is 17.4 Å². The van der Waals surface area contributed by atoms with E-state index in [9.17, 15) is 14.4 Å². The SMILES string of the molecule is C=CCOc1ccc(C(=O)OCC(=O)c2ccc(SC)c(NC(C)=O)c2)cc1. The van der Waals surface area contributed by atoms with Crippen LogP contribution in [0.5, 0.6) is 5.75 Å². The molecule has 1 N–H and O–H groups in total. The van der Waals surface area contributed by atoms with Gasteiger partial charge in [0.1, 0.15) is 12.4 Å². The number of hydrogen-bond acceptors (Lipinski definition) is 6. The van der Waals surface area contributed by atoms with Gasteiger partial charge in [0.05, 0.1) is 11.3 Å². The fraction of sp³-hybridized carbons (Fsp3) is 0.190. The number of Topliss-reactive ketones (excluding diaryl/α,β-unsaturated/α-hetero) is 1. The van der Waals surface area contributed by atoms with E-state index >= 15 is 0 Å². The van der Waals surface area contributed by atoms with E-state index in [1.165, 1.54) is 18.7 Å². The third kappa shape index (κ3) is 5.99. The van der Waals surface area contributed by atoms with Gasteiger partial charge in [-0.2, -0.15) is 0 Å². The van der Waals surface area contributed by atoms with Crippen LogP contribution in [0.3, 0.4) is 0 Å². The molecule has 0 saturated carbocycles. The molecule has 0 unspecified atom stereocenters. The van der Waals surface area contributed by atoms with Crippen LogP contribution < -0.4 is 10.1 Å². The predicted octanol–water partition coefficient (Wildman–Crippen LogP) is 3.97. The molecule has 0 aliphatic rings. The lowest BCUT2D eigenvalue weighted by Gasteiger charge is -2.10. The minimum Gasteiger partial charge on any atom is -0.490 e. The van der Waals surface area contributed by atoms with Gasteiger partial charge in [0.2, 0.25) is 5.91 Å². The van der Waals surface area contributed by atoms with Gasteiger partial charge in [-0.3, -0.25) is 9.59 Å². The molecular weight excluding hydrogens is 378 g/mol. The Kier molecular flexibility index (Phi) is 7.83. The van der Waals surface area contributed by atoms with Crippen LogP contribution in [0.1, 0.15) is 27.6 Å². The number of ketones is 1. The molecule has 0 aromatic heterocycles. The lowest BCUT2D eigenvalue weighted by molar-refractivity contribution is -0.114. The maximum atomic E-state index is 12.4. The van der Waals surface area contributed by atoms with Crippen LogP contribution in [0.25, 0.3) is 0 Å². The summed E-state index contributed by atoms with van der Waals surface area (Å²) in [6.45, 7) is 4.93. The maximum Gasteiger partial charge on any atom is 0.338 e. The van der Waals surface area contributed by atoms with E-state index in [0.29, 0.717) is 29.2 Å². The molecule has 0 atom stereocenters. The third-order valence-electron chi connectivity index (χ3n) is 3.62. The van der Waals surface area contributed by atoms with Crippen molar-refractivity contribution in [1.29, 1.82) is 0 Å². The minimum atomic E-state index is -0.605. The number of hydrogen-bond donors (Lipinski definition) is 1. The molecular formula is C21H21NO5S. The van der Waals surface area contributed by atoms with Crippen LogP contribution in [-0.2, 0) is 9.53 Å². The van der Waals surface area contributed by atoms with Crippen LogP contribution in [0.4, 0.5) is 5.69 Å². The molecule has 2 aromatic carbocycles. The fourth-order valence-electron chi connectivity index (χ4n) is 2.31. The molecule has 146 valence electrons. The molecule has 0 spiro atoms. The fourth-order valence-corrected chi connectivity index (χ4v) is 2.84. The highest BCUT2D eigenvalue weighted by molar-refractivity contribution is 7.98. The Hall–Kier alpha value is -3.06. The van der Waals surface area contributed by atoms with Gasteiger partial charge in [0.25, 0.3) is 0 Å². The van der Waals surface area contributed by atoms with Gasteiger partial charge < -0.3 is 14.8 Å². The summed E-state index contributed by atoms with van der Waals surface area (Å²) in [5.74, 6) is -0.594. The van der Waals surface area contributed by atoms with Crippen molar-refractivity contribution in [2.75, 3.05) is 24.8 Å². The van der Waals surface area contributed by atoms with Crippen LogP contribution in [0, 0.1) is 0 Å². The van der Waals surface area contributed by atoms with Crippen molar-refractivity contribution in [1.82, 2.24) is 0 Å². The van der Waals surface area contributed by atoms with Crippen molar-refractivity contribution in [2.45, 2.75) is 11.8 Å². The van der Waals surface area contributed by atoms with E-state index in [0.717, 1.165) is 4.90 Å². The number of esters is 1. The number of nitrogens with one attached hydrogen (secondary N) is 1. The summed E-state index contributed by atoms with van der Waals surface area (Å²) in [5, 5.41) is 2.69. The van der Waals surface area contributed by atoms with E-state index in [1.807, 2.05) is 6.26 Å². The van der Waals surface area contributed by atoms with E-state index in [1.54, 1.807) is 48.5 Å². The molecule has 0 bridgehead atoms. The number of benzene rings is 2. The number of thioether (sulfide) groups is 1. The maximum absolute atomic E-state index is 12.4. The van der Waals surface area contributed by atoms with Gasteiger partial charge in [-0.25, -0.2) is 4.79 Å². The number of rotatable bonds is 9. The van der Waals surface area contributed by atoms with Crippen LogP contribution >= 0.6 is 11.8 Å². The summed E-state index contributed by atoms with van der Waals surface area (Å²) in [6.07, 6.45) is 3.49. The number of carbonyl (C=O) groups is 3. The summed E-state index contributed by atoms with van der Waals surface area (Å²) in [6, 6.07) is 11.4. The molecule has 1 amide bonds. The molecule has 0 aliphatic carbocycles. The summed E-state index contributed by atoms with van der Waals surface area (Å²) in [4.78, 5) is 36.7. The first kappa shape index (κ1) is 21.2. The molecule has 0 heterocycles. The molecule has 0 radical (unpaired) electrons. The second-order valence-corrected chi connectivity index (χ2v) is 6.57. The number of amides is 1. The zero-order chi connectivity index (χ0) is 20.5. The molecule has 0 fully saturated rings. The lowest BCUT2D eigenvalue weighted by atomic mass is 10.1. The van der Waals surface area contributed by atoms with Crippen molar-refractivity contribution in [3.05, 3.63) is 66.2 Å². The molecule has 2 rings (SSSR count). The lowest BCUT2D eigenvalue weighted by Crippen LogP contribution is -2.15. The standard InChI is InChI=1S/C21H21NO5S/c1-4-11-26-17-8-5-15(6-9-17)21(25)27-13-19(24)16-7-10-20(28-3)18(12-16)22-14(2)23/h4-10,12H,1,11,13H2,2-3H3,(H,22,23). The van der Waals surface area contributed by atoms with E-state index in [2.05, 4.69) is 11.9 Å². The zero-order valence-corrected chi connectivity index (χ0v) is 16.5. The van der Waals surface area contributed by atoms with Crippen LogP contribution in [0.2, 0.25) is 0 Å². The number of carbonyl (C=O) groups excluding carboxylic acids is 3. The van der Waals surface area contributed by atoms with Gasteiger partial charge in [-0.15, -0.1) is 11.8 Å². The Labute approximate surface area is 167 Å². The quantitative estimate of drug-likeness (QED) is 0.297. The van der Waals surface area contributed by atoms with Crippen molar-refractivity contribution in [3.63, 3.8) is 0 Å². The Morgan fingerprint density at radius 1 is 1.11 bits per heavy atom. The molecule has 28 heavy (non-hydrogen) atoms. The normalized spacial score (nSPS) is 10.1. The Morgan fingerprint density at radius 2 is 1.79 bits per heavy atom. The van der Waals surface area contributed by atoms with E-state index in [-0.39, 0.29) is 11.7 Å². The summed E-state index contributed by atoms with van der Waals surface area (Å²) >= 11 is 1.45. The van der Waals surface area contributed by atoms with Gasteiger partial charge in [0.15, 0.2) is 12.4 Å². The van der Waals surface area contributed by atoms with Crippen molar-refractivity contribution in [2.24, 2.45) is 0 Å². The molecule has 7 heteroatoms. The summed E-state index contributed by atoms with van der Waals surface area (Å²) in [5.41, 5.74) is 1.21. The topological polar surface area (TPSA) is 81.7 Å². The number of ether oxygens (including phenoxy) is 2. The van der Waals surface area contributed by atoms with Crippen molar-refractivity contribution in [3.8, 4) is 5.75 Å². The Bertz CT molecular complexity index is 877. The molecule has 6 nitrogen and oxygen atoms in total. The first-order chi connectivity index (χ1) is 13.4. The van der Waals surface area contributed by atoms with Gasteiger partial charge in [-0.05, 0) is 42.7 Å². The van der Waals surface area contributed by atoms with Crippen molar-refractivity contribution >= 4 is 35.1 Å². The first-order valence-electron chi connectivity index (χ1n) is 8.44. The Balaban J connectivity index is 2.00. The highest BCUT2D eigenvalue weighted by Gasteiger charge is 2.14. The van der Waals surface area contributed by atoms with E-state index in [4.69, 9.17) is 9.47 Å². The second kappa shape index (κ2) is 10.3. The predicted molar refractivity (Wildman–Crippen MR) is 109 cm³/mol. The van der Waals surface area contributed by atoms with Gasteiger partial charge >= 0.3 is 5.97 Å². The van der Waals surface area contributed by atoms with Crippen LogP contribution in [0.15, 0.2) is 60.0 Å². The Morgan fingerprint density at radius 3 is 2.39 bits per heavy atom. The number of anilines is 1. The van der Waals surface area contributed by atoms with Crippen molar-refractivity contribution < 1.29 is 23.9 Å². The molecule has 0 aliphatic heterocycles. The summed E-state index contributed by atoms with van der Waals surface area (Å²) < 4.78 is 10.5. The average molecular weight is 399 g/mol. The molecule has 0 saturated heterocycles. The zero-order valence-electron chi connectivity index (χ0n) is 15.7. The summed E-state index contributed by atoms with van der Waals surface area (Å²) in [7, 11) is 0. The smallest absolute Gasteiger partial charge is 0.338 e. The third-order valence-corrected chi connectivity index (χ3v) is 4.42. The monoisotopic (exact) mass is 399 g/mol. The largest absolute Gasteiger partial charge is 0.490 e. The minimum absolute atomic E-state index is 0.230. The highest BCUT2D eigenvalue weighted by atomic mass is 32.2. The first-order valence-corrected chi connectivity index (χ1v) is 9.66. The second-order valence-electron chi connectivity index (χ2n) is 5.72. The molecule has 2 aromatic rings. The highest BCUT2D eigenvalue weighted by Crippen LogP contribution is 2.26. The van der Waals surface area contributed by atoms with E-state index < -0.39 is 12.6 Å². The van der Waals surface area contributed by atoms with Gasteiger partial charge in [-0.1, -0.05) is 18.7 Å². The average Bonchev–Trinajstić information content (AvgIpc) is 2.70.